The van der Waals surface area contributed by atoms with Crippen molar-refractivity contribution in [2.45, 2.75) is 0 Å². The van der Waals surface area contributed by atoms with Crippen molar-refractivity contribution < 1.29 is 118 Å². The van der Waals surface area contributed by atoms with Crippen LogP contribution in [-0.4, -0.2) is 38.3 Å². The predicted molar refractivity (Wildman–Crippen MR) is 13.6 cm³/mol. The minimum Gasteiger partial charge on any atom is -0.870 e. The van der Waals surface area contributed by atoms with Crippen LogP contribution in [0.4, 0.5) is 0 Å². The molecule has 0 saturated heterocycles. The van der Waals surface area contributed by atoms with E-state index in [1.165, 1.54) is 0 Å². The molecule has 0 rings (SSSR count). The first kappa shape index (κ1) is 395. The molecule has 11 heteroatoms. The van der Waals surface area contributed by atoms with E-state index in [1.54, 1.807) is 0 Å². The molecule has 0 amide bonds. The molecular weight excluding hydrogens is 308 g/mol. The summed E-state index contributed by atoms with van der Waals surface area (Å²) >= 11 is 0. The molecule has 0 spiro atoms. The fraction of sp³-hybridized carbons (Fsp3) is 0. The maximum atomic E-state index is 0. The topological polar surface area (TPSA) is 210 Å². The zero-order valence-electron chi connectivity index (χ0n) is 5.16. The van der Waals surface area contributed by atoms with E-state index in [2.05, 4.69) is 0 Å². The van der Waals surface area contributed by atoms with Crippen molar-refractivity contribution >= 4 is 0 Å². The van der Waals surface area contributed by atoms with Crippen LogP contribution in [0.5, 0.6) is 0 Å². The average Bonchev–Trinajstić information content (AvgIpc) is 0. The van der Waals surface area contributed by atoms with Crippen LogP contribution in [0.15, 0.2) is 0 Å². The normalized spacial score (nSPS) is 0. The molecular formula is H7CoMnNaNiO7. The maximum Gasteiger partial charge on any atom is 2.00 e. The molecule has 2 radical (unpaired) electrons. The molecule has 7 N–H and O–H groups in total. The second kappa shape index (κ2) is 308. The van der Waals surface area contributed by atoms with Crippen LogP contribution in [0.25, 0.3) is 0 Å². The molecule has 0 aromatic heterocycles. The smallest absolute Gasteiger partial charge is 0.870 e. The fourth-order valence-corrected chi connectivity index (χ4v) is 0. The van der Waals surface area contributed by atoms with Gasteiger partial charge in [-0.3, -0.25) is 0 Å². The molecule has 11 heavy (non-hydrogen) atoms. The van der Waals surface area contributed by atoms with Gasteiger partial charge in [0.05, 0.1) is 0 Å². The van der Waals surface area contributed by atoms with Crippen molar-refractivity contribution in [3.63, 3.8) is 0 Å². The summed E-state index contributed by atoms with van der Waals surface area (Å²) in [4.78, 5) is 0. The van der Waals surface area contributed by atoms with E-state index in [4.69, 9.17) is 0 Å². The van der Waals surface area contributed by atoms with Crippen LogP contribution in [-0.2, 0) is 50.3 Å². The van der Waals surface area contributed by atoms with Gasteiger partial charge < -0.3 is 38.3 Å². The Hall–Kier alpha value is 2.24. The molecule has 0 aromatic rings. The van der Waals surface area contributed by atoms with E-state index < -0.39 is 0 Å². The summed E-state index contributed by atoms with van der Waals surface area (Å²) in [6.45, 7) is 0. The monoisotopic (exact) mass is 314 g/mol. The van der Waals surface area contributed by atoms with Crippen LogP contribution in [0, 0.1) is 0 Å². The molecule has 0 aromatic carbocycles. The van der Waals surface area contributed by atoms with Crippen molar-refractivity contribution in [3.05, 3.63) is 0 Å². The van der Waals surface area contributed by atoms with Gasteiger partial charge in [-0.1, -0.05) is 0 Å². The van der Waals surface area contributed by atoms with Crippen LogP contribution in [0.3, 0.4) is 0 Å². The Morgan fingerprint density at radius 2 is 0.455 bits per heavy atom. The van der Waals surface area contributed by atoms with Gasteiger partial charge >= 0.3 is 79.9 Å². The summed E-state index contributed by atoms with van der Waals surface area (Å²) in [5, 5.41) is 0. The van der Waals surface area contributed by atoms with E-state index in [9.17, 15) is 0 Å². The molecule has 0 saturated carbocycles. The van der Waals surface area contributed by atoms with Crippen LogP contribution in [0.1, 0.15) is 0 Å². The van der Waals surface area contributed by atoms with Crippen molar-refractivity contribution in [3.8, 4) is 0 Å². The summed E-state index contributed by atoms with van der Waals surface area (Å²) in [5.74, 6) is 0. The van der Waals surface area contributed by atoms with Gasteiger partial charge in [0.1, 0.15) is 0 Å². The van der Waals surface area contributed by atoms with E-state index in [0.717, 1.165) is 0 Å². The Morgan fingerprint density at radius 1 is 0.455 bits per heavy atom. The fourth-order valence-electron chi connectivity index (χ4n) is 0. The third kappa shape index (κ3) is 256. The molecule has 0 fully saturated rings. The third-order valence-electron chi connectivity index (χ3n) is 0. The molecule has 0 atom stereocenters. The van der Waals surface area contributed by atoms with Gasteiger partial charge in [0, 0.05) is 0 Å². The molecule has 0 aliphatic carbocycles. The van der Waals surface area contributed by atoms with Gasteiger partial charge in [-0.05, 0) is 0 Å². The number of hydrogen-bond acceptors (Lipinski definition) is 7. The van der Waals surface area contributed by atoms with Crippen LogP contribution in [0.2, 0.25) is 0 Å². The number of hydrogen-bond donors (Lipinski definition) is 0. The average molecular weight is 315 g/mol. The summed E-state index contributed by atoms with van der Waals surface area (Å²) in [7, 11) is 0. The summed E-state index contributed by atoms with van der Waals surface area (Å²) in [6.07, 6.45) is 0. The van der Waals surface area contributed by atoms with Crippen molar-refractivity contribution in [1.82, 2.24) is 0 Å². The SMILES string of the molecule is [Co+2].[Mn+2].[Na+].[Ni+2].[OH-].[OH-].[OH-].[OH-].[OH-].[OH-].[OH-]. The Morgan fingerprint density at radius 3 is 0.455 bits per heavy atom. The van der Waals surface area contributed by atoms with E-state index in [0.29, 0.717) is 0 Å². The standard InChI is InChI=1S/Co.Mn.Na.Ni.7H2O/h;;;;7*1H2/q2*+2;+1;+2;;;;;;;/p-7. The zero-order valence-corrected chi connectivity index (χ0v) is 10.4. The third-order valence-corrected chi connectivity index (χ3v) is 0. The molecule has 0 aliphatic rings. The molecule has 76 valence electrons. The van der Waals surface area contributed by atoms with E-state index in [-0.39, 0.29) is 118 Å². The van der Waals surface area contributed by atoms with Gasteiger partial charge in [0.2, 0.25) is 0 Å². The van der Waals surface area contributed by atoms with Crippen molar-refractivity contribution in [2.24, 2.45) is 0 Å². The Balaban J connectivity index is 0. The molecule has 0 unspecified atom stereocenters. The first-order valence-corrected chi connectivity index (χ1v) is 0. The minimum atomic E-state index is 0. The maximum absolute atomic E-state index is 0. The quantitative estimate of drug-likeness (QED) is 0.401. The second-order valence-corrected chi connectivity index (χ2v) is 0. The minimum absolute atomic E-state index is 0. The van der Waals surface area contributed by atoms with Gasteiger partial charge in [0.25, 0.3) is 0 Å². The second-order valence-electron chi connectivity index (χ2n) is 0. The van der Waals surface area contributed by atoms with Crippen molar-refractivity contribution in [2.75, 3.05) is 0 Å². The summed E-state index contributed by atoms with van der Waals surface area (Å²) < 4.78 is 0. The van der Waals surface area contributed by atoms with Crippen LogP contribution < -0.4 is 29.6 Å². The van der Waals surface area contributed by atoms with Gasteiger partial charge in [-0.15, -0.1) is 0 Å². The molecule has 0 heterocycles. The first-order valence-electron chi connectivity index (χ1n) is 0. The Bertz CT molecular complexity index is 18.4. The van der Waals surface area contributed by atoms with Crippen LogP contribution >= 0.6 is 0 Å². The summed E-state index contributed by atoms with van der Waals surface area (Å²) in [6, 6.07) is 0. The molecule has 7 nitrogen and oxygen atoms in total. The first-order chi connectivity index (χ1) is 0. The molecule has 0 aliphatic heterocycles. The Labute approximate surface area is 117 Å². The van der Waals surface area contributed by atoms with E-state index in [1.807, 2.05) is 0 Å². The number of rotatable bonds is 0. The molecule has 0 bridgehead atoms. The predicted octanol–water partition coefficient (Wildman–Crippen LogP) is -4.24. The zero-order chi connectivity index (χ0) is 0. The van der Waals surface area contributed by atoms with Gasteiger partial charge in [-0.25, -0.2) is 0 Å². The summed E-state index contributed by atoms with van der Waals surface area (Å²) in [5.41, 5.74) is 0. The Kier molecular flexibility index (Phi) is 11100. The van der Waals surface area contributed by atoms with Crippen molar-refractivity contribution in [1.29, 1.82) is 0 Å². The van der Waals surface area contributed by atoms with Gasteiger partial charge in [0.15, 0.2) is 0 Å². The van der Waals surface area contributed by atoms with E-state index >= 15 is 0 Å². The van der Waals surface area contributed by atoms with Gasteiger partial charge in [-0.2, -0.15) is 0 Å². The largest absolute Gasteiger partial charge is 2.00 e.